The van der Waals surface area contributed by atoms with Crippen LogP contribution in [0.25, 0.3) is 0 Å². The summed E-state index contributed by atoms with van der Waals surface area (Å²) in [5.74, 6) is 1.43. The molecule has 0 aromatic heterocycles. The minimum Gasteiger partial charge on any atom is -0.396 e. The van der Waals surface area contributed by atoms with Crippen LogP contribution < -0.4 is 0 Å². The summed E-state index contributed by atoms with van der Waals surface area (Å²) in [7, 11) is 0. The molecule has 1 saturated heterocycles. The van der Waals surface area contributed by atoms with Crippen molar-refractivity contribution in [1.29, 1.82) is 0 Å². The molecule has 17 atom stereocenters. The Hall–Kier alpha value is -0.360. The Morgan fingerprint density at radius 3 is 2.22 bits per heavy atom. The maximum atomic E-state index is 11.6. The summed E-state index contributed by atoms with van der Waals surface area (Å²) in [6.07, 6.45) is 0.976. The third-order valence-electron chi connectivity index (χ3n) is 13.0. The van der Waals surface area contributed by atoms with Crippen molar-refractivity contribution in [3.63, 3.8) is 0 Å². The first-order chi connectivity index (χ1) is 19.3. The molecule has 5 rings (SSSR count). The number of fused-ring (bicyclic) bond motifs is 5. The molecule has 12 unspecified atom stereocenters. The Kier molecular flexibility index (Phi) is 9.54. The molecule has 238 valence electrons. The normalized spacial score (nSPS) is 52.2. The lowest BCUT2D eigenvalue weighted by molar-refractivity contribution is -0.288. The molecule has 1 aliphatic heterocycles. The van der Waals surface area contributed by atoms with E-state index in [4.69, 9.17) is 9.47 Å². The summed E-state index contributed by atoms with van der Waals surface area (Å²) in [4.78, 5) is 0. The van der Waals surface area contributed by atoms with Crippen LogP contribution in [0.3, 0.4) is 0 Å². The van der Waals surface area contributed by atoms with Crippen molar-refractivity contribution in [3.05, 3.63) is 0 Å². The van der Waals surface area contributed by atoms with Crippen LogP contribution in [0.2, 0.25) is 0 Å². The van der Waals surface area contributed by atoms with Crippen molar-refractivity contribution >= 4 is 0 Å². The van der Waals surface area contributed by atoms with Gasteiger partial charge in [-0.1, -0.05) is 27.7 Å². The molecule has 1 heterocycles. The number of hydrogen-bond acceptors (Lipinski definition) is 9. The van der Waals surface area contributed by atoms with Gasteiger partial charge in [-0.3, -0.25) is 0 Å². The van der Waals surface area contributed by atoms with Crippen molar-refractivity contribution in [2.75, 3.05) is 13.2 Å². The molecule has 0 radical (unpaired) electrons. The maximum absolute atomic E-state index is 11.6. The fourth-order valence-corrected chi connectivity index (χ4v) is 10.6. The van der Waals surface area contributed by atoms with E-state index in [1.807, 2.05) is 6.92 Å². The van der Waals surface area contributed by atoms with Gasteiger partial charge in [0.1, 0.15) is 18.3 Å². The highest BCUT2D eigenvalue weighted by molar-refractivity contribution is 5.13. The standard InChI is InChI=1S/C32H56O9/c1-16(5-6-26(17(2)14-33)41-30-29(39)28(38)25(37)15-40-30)21-13-24(36)27-19-12-23(35)22-11-18(34)7-9-31(22,3)20(19)8-10-32(21,27)4/h16-30,33-39H,5-15H2,1-4H3/t16?,17?,18-,19?,20?,21?,22?,23+,24-,25?,26?,27?,28?,29?,30?,31+,32+/m0/s1. The molecule has 0 spiro atoms. The second-order valence-corrected chi connectivity index (χ2v) is 15.2. The zero-order valence-corrected chi connectivity index (χ0v) is 25.4. The highest BCUT2D eigenvalue weighted by Crippen LogP contribution is 2.68. The Bertz CT molecular complexity index is 889. The van der Waals surface area contributed by atoms with Gasteiger partial charge in [0.15, 0.2) is 6.29 Å². The van der Waals surface area contributed by atoms with Crippen LogP contribution in [-0.4, -0.2) is 98.0 Å². The average Bonchev–Trinajstić information content (AvgIpc) is 3.21. The summed E-state index contributed by atoms with van der Waals surface area (Å²) in [5.41, 5.74) is -0.0222. The van der Waals surface area contributed by atoms with Crippen LogP contribution in [0.1, 0.15) is 85.5 Å². The topological polar surface area (TPSA) is 160 Å². The first kappa shape index (κ1) is 32.0. The van der Waals surface area contributed by atoms with E-state index in [1.54, 1.807) is 0 Å². The molecule has 5 fully saturated rings. The smallest absolute Gasteiger partial charge is 0.186 e. The number of aliphatic hydroxyl groups excluding tert-OH is 7. The van der Waals surface area contributed by atoms with E-state index in [2.05, 4.69) is 20.8 Å². The van der Waals surface area contributed by atoms with E-state index in [-0.39, 0.29) is 53.8 Å². The van der Waals surface area contributed by atoms with Gasteiger partial charge in [-0.05, 0) is 104 Å². The van der Waals surface area contributed by atoms with E-state index >= 15 is 0 Å². The summed E-state index contributed by atoms with van der Waals surface area (Å²) < 4.78 is 11.6. The van der Waals surface area contributed by atoms with Gasteiger partial charge in [-0.25, -0.2) is 0 Å². The molecule has 5 aliphatic rings. The lowest BCUT2D eigenvalue weighted by Crippen LogP contribution is -2.59. The van der Waals surface area contributed by atoms with E-state index in [0.29, 0.717) is 37.0 Å². The van der Waals surface area contributed by atoms with Gasteiger partial charge in [0.05, 0.1) is 31.0 Å². The molecule has 0 amide bonds. The molecular weight excluding hydrogens is 528 g/mol. The van der Waals surface area contributed by atoms with Gasteiger partial charge in [0.25, 0.3) is 0 Å². The van der Waals surface area contributed by atoms with Crippen LogP contribution in [-0.2, 0) is 9.47 Å². The zero-order valence-electron chi connectivity index (χ0n) is 25.4. The third kappa shape index (κ3) is 5.66. The second-order valence-electron chi connectivity index (χ2n) is 15.2. The van der Waals surface area contributed by atoms with Crippen molar-refractivity contribution < 1.29 is 45.2 Å². The molecule has 41 heavy (non-hydrogen) atoms. The van der Waals surface area contributed by atoms with Crippen LogP contribution in [0.4, 0.5) is 0 Å². The fraction of sp³-hybridized carbons (Fsp3) is 1.00. The fourth-order valence-electron chi connectivity index (χ4n) is 10.6. The zero-order chi connectivity index (χ0) is 29.9. The SMILES string of the molecule is CC(CO)C(CCC(C)C1C[C@H](O)C2C3C[C@@H](O)C4C[C@@H](O)CC[C@]4(C)C3CC[C@]12C)OC1OCC(O)C(O)C1O. The lowest BCUT2D eigenvalue weighted by Gasteiger charge is -2.62. The molecule has 4 saturated carbocycles. The van der Waals surface area contributed by atoms with Gasteiger partial charge < -0.3 is 45.2 Å². The molecule has 9 nitrogen and oxygen atoms in total. The minimum absolute atomic E-state index is 0.00663. The van der Waals surface area contributed by atoms with Crippen LogP contribution in [0, 0.1) is 52.3 Å². The highest BCUT2D eigenvalue weighted by atomic mass is 16.7. The third-order valence-corrected chi connectivity index (χ3v) is 13.0. The lowest BCUT2D eigenvalue weighted by atomic mass is 9.43. The van der Waals surface area contributed by atoms with Gasteiger partial charge in [-0.2, -0.15) is 0 Å². The first-order valence-corrected chi connectivity index (χ1v) is 16.3. The summed E-state index contributed by atoms with van der Waals surface area (Å²) >= 11 is 0. The number of rotatable bonds is 8. The van der Waals surface area contributed by atoms with Crippen LogP contribution in [0.15, 0.2) is 0 Å². The maximum Gasteiger partial charge on any atom is 0.186 e. The second kappa shape index (κ2) is 12.2. The minimum atomic E-state index is -1.37. The molecule has 9 heteroatoms. The van der Waals surface area contributed by atoms with Crippen molar-refractivity contribution in [2.45, 2.75) is 135 Å². The molecule has 0 aromatic rings. The Labute approximate surface area is 245 Å². The molecule has 4 aliphatic carbocycles. The Morgan fingerprint density at radius 2 is 1.51 bits per heavy atom. The average molecular weight is 585 g/mol. The van der Waals surface area contributed by atoms with Crippen LogP contribution in [0.5, 0.6) is 0 Å². The number of ether oxygens (including phenoxy) is 2. The largest absolute Gasteiger partial charge is 0.396 e. The van der Waals surface area contributed by atoms with Gasteiger partial charge in [-0.15, -0.1) is 0 Å². The summed E-state index contributed by atoms with van der Waals surface area (Å²) in [6.45, 7) is 8.62. The predicted molar refractivity (Wildman–Crippen MR) is 151 cm³/mol. The molecule has 7 N–H and O–H groups in total. The summed E-state index contributed by atoms with van der Waals surface area (Å²) in [6, 6.07) is 0. The molecule has 0 aromatic carbocycles. The van der Waals surface area contributed by atoms with E-state index in [9.17, 15) is 35.7 Å². The van der Waals surface area contributed by atoms with Gasteiger partial charge >= 0.3 is 0 Å². The van der Waals surface area contributed by atoms with Gasteiger partial charge in [0, 0.05) is 12.5 Å². The van der Waals surface area contributed by atoms with Crippen molar-refractivity contribution in [1.82, 2.24) is 0 Å². The Morgan fingerprint density at radius 1 is 0.805 bits per heavy atom. The predicted octanol–water partition coefficient (Wildman–Crippen LogP) is 1.82. The van der Waals surface area contributed by atoms with Crippen LogP contribution >= 0.6 is 0 Å². The monoisotopic (exact) mass is 584 g/mol. The van der Waals surface area contributed by atoms with Gasteiger partial charge in [0.2, 0.25) is 0 Å². The highest BCUT2D eigenvalue weighted by Gasteiger charge is 2.64. The molecule has 0 bridgehead atoms. The van der Waals surface area contributed by atoms with Crippen molar-refractivity contribution in [3.8, 4) is 0 Å². The van der Waals surface area contributed by atoms with Crippen molar-refractivity contribution in [2.24, 2.45) is 52.3 Å². The Balaban J connectivity index is 1.27. The van der Waals surface area contributed by atoms with E-state index in [0.717, 1.165) is 38.5 Å². The quantitative estimate of drug-likeness (QED) is 0.226. The van der Waals surface area contributed by atoms with E-state index < -0.39 is 42.9 Å². The summed E-state index contributed by atoms with van der Waals surface area (Å²) in [5, 5.41) is 73.4. The first-order valence-electron chi connectivity index (χ1n) is 16.3. The van der Waals surface area contributed by atoms with E-state index in [1.165, 1.54) is 0 Å². The number of aliphatic hydroxyl groups is 7. The number of hydrogen-bond donors (Lipinski definition) is 7. The molecular formula is C32H56O9.